The van der Waals surface area contributed by atoms with Gasteiger partial charge in [-0.1, -0.05) is 68.4 Å². The number of carbonyl (C=O) groups excluding carboxylic acids is 2. The van der Waals surface area contributed by atoms with Crippen molar-refractivity contribution in [2.45, 2.75) is 40.4 Å². The van der Waals surface area contributed by atoms with Gasteiger partial charge in [0, 0.05) is 43.4 Å². The van der Waals surface area contributed by atoms with E-state index in [1.807, 2.05) is 55.6 Å². The van der Waals surface area contributed by atoms with E-state index >= 15 is 0 Å². The molecule has 45 heavy (non-hydrogen) atoms. The number of aromatic nitrogens is 1. The third kappa shape index (κ3) is 6.91. The second kappa shape index (κ2) is 13.4. The van der Waals surface area contributed by atoms with Crippen molar-refractivity contribution in [2.75, 3.05) is 12.4 Å². The van der Waals surface area contributed by atoms with Crippen LogP contribution in [-0.4, -0.2) is 28.2 Å². The molecule has 0 aliphatic rings. The maximum atomic E-state index is 14.8. The number of ketones is 1. The molecule has 0 spiro atoms. The molecule has 0 unspecified atom stereocenters. The van der Waals surface area contributed by atoms with Crippen molar-refractivity contribution in [2.24, 2.45) is 5.92 Å². The van der Waals surface area contributed by atoms with E-state index in [0.717, 1.165) is 16.7 Å². The predicted octanol–water partition coefficient (Wildman–Crippen LogP) is 7.42. The van der Waals surface area contributed by atoms with Gasteiger partial charge >= 0.3 is 0 Å². The van der Waals surface area contributed by atoms with Crippen molar-refractivity contribution < 1.29 is 18.4 Å². The Bertz CT molecular complexity index is 1910. The van der Waals surface area contributed by atoms with Crippen LogP contribution in [0.25, 0.3) is 22.0 Å². The summed E-state index contributed by atoms with van der Waals surface area (Å²) in [6.45, 7) is 5.60. The van der Waals surface area contributed by atoms with Crippen molar-refractivity contribution >= 4 is 28.3 Å². The van der Waals surface area contributed by atoms with Crippen LogP contribution in [0.4, 0.5) is 14.5 Å². The lowest BCUT2D eigenvalue weighted by molar-refractivity contribution is -0.114. The Morgan fingerprint density at radius 2 is 1.51 bits per heavy atom. The first-order valence-corrected chi connectivity index (χ1v) is 14.8. The van der Waals surface area contributed by atoms with Crippen LogP contribution >= 0.6 is 0 Å². The second-order valence-corrected chi connectivity index (χ2v) is 11.6. The number of Topliss-reactive ketones (excluding diaryl/α,β-unsaturated/α-hetero) is 1. The molecule has 230 valence electrons. The van der Waals surface area contributed by atoms with Crippen LogP contribution in [0.1, 0.15) is 47.8 Å². The zero-order valence-corrected chi connectivity index (χ0v) is 25.7. The van der Waals surface area contributed by atoms with Crippen LogP contribution in [0.5, 0.6) is 0 Å². The highest BCUT2D eigenvalue weighted by Crippen LogP contribution is 2.32. The fourth-order valence-corrected chi connectivity index (χ4v) is 5.61. The molecule has 0 aliphatic heterocycles. The van der Waals surface area contributed by atoms with Crippen LogP contribution in [0.2, 0.25) is 0 Å². The minimum absolute atomic E-state index is 0.0284. The lowest BCUT2D eigenvalue weighted by Crippen LogP contribution is -2.25. The van der Waals surface area contributed by atoms with Crippen LogP contribution in [0, 0.1) is 17.6 Å². The molecular formula is C37H35F2N3O3. The number of nitrogens with zero attached hydrogens (tertiary/aromatic N) is 2. The molecule has 0 atom stereocenters. The Morgan fingerprint density at radius 1 is 0.844 bits per heavy atom. The van der Waals surface area contributed by atoms with Gasteiger partial charge < -0.3 is 9.88 Å². The zero-order valence-electron chi connectivity index (χ0n) is 25.7. The minimum atomic E-state index is -0.711. The Balaban J connectivity index is 1.76. The van der Waals surface area contributed by atoms with Gasteiger partial charge in [0.25, 0.3) is 0 Å². The molecule has 0 aliphatic carbocycles. The topological polar surface area (TPSA) is 71.4 Å². The molecule has 8 heteroatoms. The maximum absolute atomic E-state index is 14.8. The Kier molecular flexibility index (Phi) is 9.34. The summed E-state index contributed by atoms with van der Waals surface area (Å²) in [5, 5.41) is 3.09. The van der Waals surface area contributed by atoms with E-state index in [9.17, 15) is 23.2 Å². The fourth-order valence-electron chi connectivity index (χ4n) is 5.61. The summed E-state index contributed by atoms with van der Waals surface area (Å²) in [6, 6.07) is 24.6. The first-order chi connectivity index (χ1) is 21.5. The van der Waals surface area contributed by atoms with E-state index in [2.05, 4.69) is 10.2 Å². The number of halogens is 2. The molecule has 0 radical (unpaired) electrons. The molecule has 1 aromatic heterocycles. The number of benzene rings is 4. The number of rotatable bonds is 10. The number of hydrogen-bond acceptors (Lipinski definition) is 4. The molecule has 0 fully saturated rings. The molecule has 0 saturated carbocycles. The maximum Gasteiger partial charge on any atom is 0.221 e. The summed E-state index contributed by atoms with van der Waals surface area (Å²) < 4.78 is 31.3. The molecule has 1 amide bonds. The average Bonchev–Trinajstić information content (AvgIpc) is 3.00. The van der Waals surface area contributed by atoms with Crippen molar-refractivity contribution in [1.29, 1.82) is 0 Å². The van der Waals surface area contributed by atoms with Crippen molar-refractivity contribution in [3.05, 3.63) is 135 Å². The number of nitrogens with one attached hydrogen (secondary N) is 1. The van der Waals surface area contributed by atoms with Crippen LogP contribution in [0.15, 0.2) is 95.9 Å². The summed E-state index contributed by atoms with van der Waals surface area (Å²) in [4.78, 5) is 41.3. The third-order valence-corrected chi connectivity index (χ3v) is 7.78. The van der Waals surface area contributed by atoms with E-state index in [4.69, 9.17) is 0 Å². The summed E-state index contributed by atoms with van der Waals surface area (Å²) in [6.07, 6.45) is 1.43. The normalized spacial score (nSPS) is 11.4. The standard InChI is InChI=1S/C37H35F2N3O3/c1-23(2)36(44)31-22-42(21-30-32(38)11-8-12-33(30)39)34-18-17-28(26-13-15-27(16-14-26)40-24(3)43)29(35(34)37(31)45)20-41(4)19-25-9-6-5-7-10-25/h5-18,22-23H,19-21H2,1-4H3,(H,40,43). The summed E-state index contributed by atoms with van der Waals surface area (Å²) >= 11 is 0. The smallest absolute Gasteiger partial charge is 0.221 e. The fraction of sp³-hybridized carbons (Fsp3) is 0.216. The Morgan fingerprint density at radius 3 is 2.13 bits per heavy atom. The van der Waals surface area contributed by atoms with Gasteiger partial charge in [0.05, 0.1) is 23.0 Å². The van der Waals surface area contributed by atoms with E-state index < -0.39 is 23.0 Å². The quantitative estimate of drug-likeness (QED) is 0.168. The highest BCUT2D eigenvalue weighted by atomic mass is 19.1. The van der Waals surface area contributed by atoms with Gasteiger partial charge in [-0.25, -0.2) is 8.78 Å². The van der Waals surface area contributed by atoms with Crippen LogP contribution < -0.4 is 10.7 Å². The molecule has 1 heterocycles. The van der Waals surface area contributed by atoms with Gasteiger partial charge in [-0.3, -0.25) is 19.3 Å². The Labute approximate surface area is 260 Å². The van der Waals surface area contributed by atoms with Gasteiger partial charge in [-0.2, -0.15) is 0 Å². The molecule has 5 aromatic rings. The number of amides is 1. The summed E-state index contributed by atoms with van der Waals surface area (Å²) in [7, 11) is 1.95. The minimum Gasteiger partial charge on any atom is -0.342 e. The Hall–Kier alpha value is -4.95. The van der Waals surface area contributed by atoms with E-state index in [1.165, 1.54) is 31.3 Å². The molecule has 0 bridgehead atoms. The lowest BCUT2D eigenvalue weighted by Gasteiger charge is -2.23. The van der Waals surface area contributed by atoms with Crippen molar-refractivity contribution in [1.82, 2.24) is 9.47 Å². The van der Waals surface area contributed by atoms with Crippen LogP contribution in [0.3, 0.4) is 0 Å². The van der Waals surface area contributed by atoms with Crippen molar-refractivity contribution in [3.8, 4) is 11.1 Å². The van der Waals surface area contributed by atoms with Gasteiger partial charge in [0.15, 0.2) is 5.78 Å². The summed E-state index contributed by atoms with van der Waals surface area (Å²) in [5.41, 5.74) is 3.83. The highest BCUT2D eigenvalue weighted by Gasteiger charge is 2.23. The highest BCUT2D eigenvalue weighted by molar-refractivity contribution is 6.01. The number of fused-ring (bicyclic) bond motifs is 1. The zero-order chi connectivity index (χ0) is 32.2. The van der Waals surface area contributed by atoms with Crippen molar-refractivity contribution in [3.63, 3.8) is 0 Å². The summed E-state index contributed by atoms with van der Waals surface area (Å²) in [5.74, 6) is -2.43. The molecular weight excluding hydrogens is 572 g/mol. The molecule has 4 aromatic carbocycles. The SMILES string of the molecule is CC(=O)Nc1ccc(-c2ccc3c(c2CN(C)Cc2ccccc2)c(=O)c(C(=O)C(C)C)cn3Cc2c(F)cccc2F)cc1. The predicted molar refractivity (Wildman–Crippen MR) is 174 cm³/mol. The molecule has 6 nitrogen and oxygen atoms in total. The van der Waals surface area contributed by atoms with Gasteiger partial charge in [-0.15, -0.1) is 0 Å². The number of carbonyl (C=O) groups is 2. The first-order valence-electron chi connectivity index (χ1n) is 14.8. The number of pyridine rings is 1. The molecule has 1 N–H and O–H groups in total. The van der Waals surface area contributed by atoms with Gasteiger partial charge in [0.1, 0.15) is 11.6 Å². The van der Waals surface area contributed by atoms with E-state index in [0.29, 0.717) is 35.2 Å². The molecule has 5 rings (SSSR count). The van der Waals surface area contributed by atoms with Crippen LogP contribution in [-0.2, 0) is 24.4 Å². The average molecular weight is 608 g/mol. The second-order valence-electron chi connectivity index (χ2n) is 11.6. The van der Waals surface area contributed by atoms with Gasteiger partial charge in [-0.05, 0) is 59.6 Å². The van der Waals surface area contributed by atoms with E-state index in [-0.39, 0.29) is 29.4 Å². The largest absolute Gasteiger partial charge is 0.342 e. The lowest BCUT2D eigenvalue weighted by atomic mass is 9.92. The van der Waals surface area contributed by atoms with Gasteiger partial charge in [0.2, 0.25) is 11.3 Å². The third-order valence-electron chi connectivity index (χ3n) is 7.78. The number of anilines is 1. The van der Waals surface area contributed by atoms with E-state index in [1.54, 1.807) is 36.6 Å². The monoisotopic (exact) mass is 607 g/mol. The first kappa shape index (κ1) is 31.5. The molecule has 0 saturated heterocycles. The number of hydrogen-bond donors (Lipinski definition) is 1.